The fraction of sp³-hybridized carbons (Fsp3) is 0.294. The molecule has 4 nitrogen and oxygen atoms in total. The third-order valence-corrected chi connectivity index (χ3v) is 3.23. The third-order valence-electron chi connectivity index (χ3n) is 3.23. The molecule has 0 aliphatic carbocycles. The Labute approximate surface area is 125 Å². The molecule has 2 aromatic rings. The quantitative estimate of drug-likeness (QED) is 0.886. The van der Waals surface area contributed by atoms with Crippen molar-refractivity contribution < 1.29 is 4.79 Å². The molecule has 0 radical (unpaired) electrons. The third kappa shape index (κ3) is 4.05. The second-order valence-corrected chi connectivity index (χ2v) is 5.01. The molecule has 0 spiro atoms. The molecule has 0 atom stereocenters. The van der Waals surface area contributed by atoms with Gasteiger partial charge in [0, 0.05) is 23.5 Å². The number of anilines is 1. The number of hydrogen-bond donors (Lipinski definition) is 2. The minimum Gasteiger partial charge on any atom is -0.385 e. The Balaban J connectivity index is 2.03. The van der Waals surface area contributed by atoms with Crippen LogP contribution in [0.2, 0.25) is 0 Å². The van der Waals surface area contributed by atoms with Crippen molar-refractivity contribution in [3.05, 3.63) is 58.9 Å². The maximum atomic E-state index is 12.2. The number of aromatic nitrogens is 1. The van der Waals surface area contributed by atoms with Gasteiger partial charge in [-0.3, -0.25) is 9.78 Å². The second kappa shape index (κ2) is 6.88. The van der Waals surface area contributed by atoms with Gasteiger partial charge in [-0.25, -0.2) is 0 Å². The molecule has 0 saturated carbocycles. The van der Waals surface area contributed by atoms with Gasteiger partial charge in [0.05, 0.1) is 12.2 Å². The smallest absolute Gasteiger partial charge is 0.251 e. The van der Waals surface area contributed by atoms with Gasteiger partial charge in [-0.1, -0.05) is 6.07 Å². The maximum absolute atomic E-state index is 12.2. The number of pyridine rings is 1. The SMILES string of the molecule is CCNc1ccc(C(=O)NCc2cccc(C)n2)c(C)c1. The van der Waals surface area contributed by atoms with Crippen molar-refractivity contribution in [2.45, 2.75) is 27.3 Å². The van der Waals surface area contributed by atoms with Crippen LogP contribution < -0.4 is 10.6 Å². The minimum atomic E-state index is -0.0705. The van der Waals surface area contributed by atoms with E-state index in [0.29, 0.717) is 12.1 Å². The Bertz CT molecular complexity index is 638. The predicted octanol–water partition coefficient (Wildman–Crippen LogP) is 3.06. The van der Waals surface area contributed by atoms with Gasteiger partial charge in [-0.05, 0) is 56.7 Å². The van der Waals surface area contributed by atoms with Crippen molar-refractivity contribution >= 4 is 11.6 Å². The first-order chi connectivity index (χ1) is 10.1. The van der Waals surface area contributed by atoms with E-state index >= 15 is 0 Å². The molecule has 21 heavy (non-hydrogen) atoms. The summed E-state index contributed by atoms with van der Waals surface area (Å²) < 4.78 is 0. The van der Waals surface area contributed by atoms with E-state index < -0.39 is 0 Å². The fourth-order valence-electron chi connectivity index (χ4n) is 2.20. The molecule has 110 valence electrons. The minimum absolute atomic E-state index is 0.0705. The van der Waals surface area contributed by atoms with E-state index in [1.165, 1.54) is 0 Å². The Hall–Kier alpha value is -2.36. The van der Waals surface area contributed by atoms with Crippen LogP contribution in [0.1, 0.15) is 34.2 Å². The maximum Gasteiger partial charge on any atom is 0.251 e. The molecule has 0 saturated heterocycles. The van der Waals surface area contributed by atoms with E-state index in [2.05, 4.69) is 15.6 Å². The summed E-state index contributed by atoms with van der Waals surface area (Å²) in [4.78, 5) is 16.6. The Kier molecular flexibility index (Phi) is 4.93. The highest BCUT2D eigenvalue weighted by Crippen LogP contribution is 2.15. The predicted molar refractivity (Wildman–Crippen MR) is 85.5 cm³/mol. The average molecular weight is 283 g/mol. The van der Waals surface area contributed by atoms with Gasteiger partial charge in [0.15, 0.2) is 0 Å². The largest absolute Gasteiger partial charge is 0.385 e. The van der Waals surface area contributed by atoms with Gasteiger partial charge in [0.25, 0.3) is 5.91 Å². The summed E-state index contributed by atoms with van der Waals surface area (Å²) in [6, 6.07) is 11.6. The number of carbonyl (C=O) groups excluding carboxylic acids is 1. The van der Waals surface area contributed by atoms with Crippen LogP contribution in [0.5, 0.6) is 0 Å². The first-order valence-corrected chi connectivity index (χ1v) is 7.15. The molecule has 0 aliphatic rings. The summed E-state index contributed by atoms with van der Waals surface area (Å²) in [6.45, 7) is 7.24. The zero-order valence-corrected chi connectivity index (χ0v) is 12.7. The lowest BCUT2D eigenvalue weighted by molar-refractivity contribution is 0.0950. The molecule has 2 rings (SSSR count). The topological polar surface area (TPSA) is 54.0 Å². The van der Waals surface area contributed by atoms with E-state index in [9.17, 15) is 4.79 Å². The lowest BCUT2D eigenvalue weighted by Gasteiger charge is -2.10. The van der Waals surface area contributed by atoms with E-state index in [-0.39, 0.29) is 5.91 Å². The molecule has 0 unspecified atom stereocenters. The van der Waals surface area contributed by atoms with E-state index in [1.54, 1.807) is 0 Å². The van der Waals surface area contributed by atoms with Gasteiger partial charge in [0.1, 0.15) is 0 Å². The van der Waals surface area contributed by atoms with Crippen molar-refractivity contribution in [3.8, 4) is 0 Å². The van der Waals surface area contributed by atoms with Crippen molar-refractivity contribution in [1.29, 1.82) is 0 Å². The molecular weight excluding hydrogens is 262 g/mol. The number of carbonyl (C=O) groups is 1. The van der Waals surface area contributed by atoms with Crippen molar-refractivity contribution in [2.24, 2.45) is 0 Å². The second-order valence-electron chi connectivity index (χ2n) is 5.01. The average Bonchev–Trinajstić information content (AvgIpc) is 2.45. The highest BCUT2D eigenvalue weighted by molar-refractivity contribution is 5.96. The number of amides is 1. The Morgan fingerprint density at radius 3 is 2.67 bits per heavy atom. The summed E-state index contributed by atoms with van der Waals surface area (Å²) in [5, 5.41) is 6.15. The Morgan fingerprint density at radius 2 is 2.00 bits per heavy atom. The molecule has 2 N–H and O–H groups in total. The van der Waals surface area contributed by atoms with E-state index in [0.717, 1.165) is 29.2 Å². The molecule has 1 aromatic heterocycles. The monoisotopic (exact) mass is 283 g/mol. The van der Waals surface area contributed by atoms with Crippen LogP contribution in [-0.2, 0) is 6.54 Å². The molecule has 0 fully saturated rings. The summed E-state index contributed by atoms with van der Waals surface area (Å²) in [6.07, 6.45) is 0. The molecular formula is C17H21N3O. The summed E-state index contributed by atoms with van der Waals surface area (Å²) >= 11 is 0. The van der Waals surface area contributed by atoms with Gasteiger partial charge < -0.3 is 10.6 Å². The normalized spacial score (nSPS) is 10.2. The van der Waals surface area contributed by atoms with E-state index in [4.69, 9.17) is 0 Å². The van der Waals surface area contributed by atoms with Crippen LogP contribution in [-0.4, -0.2) is 17.4 Å². The number of rotatable bonds is 5. The van der Waals surface area contributed by atoms with E-state index in [1.807, 2.05) is 57.2 Å². The summed E-state index contributed by atoms with van der Waals surface area (Å²) in [5.41, 5.74) is 4.51. The van der Waals surface area contributed by atoms with Crippen molar-refractivity contribution in [3.63, 3.8) is 0 Å². The van der Waals surface area contributed by atoms with Crippen LogP contribution in [0.4, 0.5) is 5.69 Å². The molecule has 1 amide bonds. The summed E-state index contributed by atoms with van der Waals surface area (Å²) in [7, 11) is 0. The molecule has 1 aromatic carbocycles. The van der Waals surface area contributed by atoms with Gasteiger partial charge in [-0.2, -0.15) is 0 Å². The van der Waals surface area contributed by atoms with Crippen molar-refractivity contribution in [1.82, 2.24) is 10.3 Å². The number of nitrogens with one attached hydrogen (secondary N) is 2. The van der Waals surface area contributed by atoms with Crippen LogP contribution in [0.15, 0.2) is 36.4 Å². The van der Waals surface area contributed by atoms with Gasteiger partial charge >= 0.3 is 0 Å². The first kappa shape index (κ1) is 15.0. The van der Waals surface area contributed by atoms with Gasteiger partial charge in [0.2, 0.25) is 0 Å². The Morgan fingerprint density at radius 1 is 1.19 bits per heavy atom. The lowest BCUT2D eigenvalue weighted by Crippen LogP contribution is -2.24. The first-order valence-electron chi connectivity index (χ1n) is 7.15. The number of aryl methyl sites for hydroxylation is 2. The highest BCUT2D eigenvalue weighted by atomic mass is 16.1. The van der Waals surface area contributed by atoms with Gasteiger partial charge in [-0.15, -0.1) is 0 Å². The zero-order chi connectivity index (χ0) is 15.2. The van der Waals surface area contributed by atoms with Crippen LogP contribution in [0.25, 0.3) is 0 Å². The number of benzene rings is 1. The lowest BCUT2D eigenvalue weighted by atomic mass is 10.1. The highest BCUT2D eigenvalue weighted by Gasteiger charge is 2.09. The molecule has 0 aliphatic heterocycles. The van der Waals surface area contributed by atoms with Crippen LogP contribution >= 0.6 is 0 Å². The fourth-order valence-corrected chi connectivity index (χ4v) is 2.20. The molecule has 4 heteroatoms. The zero-order valence-electron chi connectivity index (χ0n) is 12.7. The standard InChI is InChI=1S/C17H21N3O/c1-4-18-14-8-9-16(12(2)10-14)17(21)19-11-15-7-5-6-13(3)20-15/h5-10,18H,4,11H2,1-3H3,(H,19,21). The summed E-state index contributed by atoms with van der Waals surface area (Å²) in [5.74, 6) is -0.0705. The van der Waals surface area contributed by atoms with Crippen molar-refractivity contribution in [2.75, 3.05) is 11.9 Å². The number of nitrogens with zero attached hydrogens (tertiary/aromatic N) is 1. The molecule has 1 heterocycles. The number of hydrogen-bond acceptors (Lipinski definition) is 3. The van der Waals surface area contributed by atoms with Crippen LogP contribution in [0, 0.1) is 13.8 Å². The van der Waals surface area contributed by atoms with Crippen LogP contribution in [0.3, 0.4) is 0 Å². The molecule has 0 bridgehead atoms.